The van der Waals surface area contributed by atoms with Gasteiger partial charge in [-0.2, -0.15) is 0 Å². The molecule has 17 heavy (non-hydrogen) atoms. The van der Waals surface area contributed by atoms with Crippen LogP contribution in [0.1, 0.15) is 24.9 Å². The summed E-state index contributed by atoms with van der Waals surface area (Å²) in [6.45, 7) is 3.33. The van der Waals surface area contributed by atoms with Gasteiger partial charge in [0.05, 0.1) is 6.04 Å². The molecule has 1 fully saturated rings. The van der Waals surface area contributed by atoms with Gasteiger partial charge < -0.3 is 16.0 Å². The van der Waals surface area contributed by atoms with Gasteiger partial charge in [0.25, 0.3) is 0 Å². The van der Waals surface area contributed by atoms with E-state index in [1.54, 1.807) is 12.4 Å². The van der Waals surface area contributed by atoms with E-state index in [1.165, 1.54) is 0 Å². The quantitative estimate of drug-likeness (QED) is 0.812. The van der Waals surface area contributed by atoms with Crippen LogP contribution in [0.3, 0.4) is 0 Å². The van der Waals surface area contributed by atoms with E-state index in [1.807, 2.05) is 24.0 Å². The normalized spacial score (nSPS) is 21.4. The number of pyridine rings is 1. The molecule has 1 saturated heterocycles. The lowest BCUT2D eigenvalue weighted by atomic mass is 10.1. The van der Waals surface area contributed by atoms with Crippen LogP contribution in [0.2, 0.25) is 0 Å². The molecule has 0 aromatic carbocycles. The van der Waals surface area contributed by atoms with Crippen LogP contribution < -0.4 is 11.1 Å². The Kier molecular flexibility index (Phi) is 3.58. The van der Waals surface area contributed by atoms with Crippen molar-refractivity contribution in [1.82, 2.24) is 15.2 Å². The summed E-state index contributed by atoms with van der Waals surface area (Å²) < 4.78 is 0. The van der Waals surface area contributed by atoms with Crippen molar-refractivity contribution in [3.8, 4) is 0 Å². The lowest BCUT2D eigenvalue weighted by Crippen LogP contribution is -2.37. The number of urea groups is 1. The molecule has 2 rings (SSSR count). The number of nitrogens with two attached hydrogens (primary N) is 1. The predicted molar refractivity (Wildman–Crippen MR) is 65.3 cm³/mol. The third kappa shape index (κ3) is 2.55. The van der Waals surface area contributed by atoms with Crippen LogP contribution in [0.5, 0.6) is 0 Å². The molecule has 3 N–H and O–H groups in total. The summed E-state index contributed by atoms with van der Waals surface area (Å²) in [6, 6.07) is 4.11. The van der Waals surface area contributed by atoms with Crippen molar-refractivity contribution in [2.45, 2.75) is 25.4 Å². The second-order valence-corrected chi connectivity index (χ2v) is 4.36. The van der Waals surface area contributed by atoms with Gasteiger partial charge in [-0.3, -0.25) is 4.98 Å². The minimum atomic E-state index is -0.00670. The number of hydrogen-bond donors (Lipinski definition) is 2. The number of rotatable bonds is 4. The van der Waals surface area contributed by atoms with E-state index < -0.39 is 0 Å². The van der Waals surface area contributed by atoms with Gasteiger partial charge >= 0.3 is 6.03 Å². The highest BCUT2D eigenvalue weighted by Gasteiger charge is 2.32. The second-order valence-electron chi connectivity index (χ2n) is 4.36. The van der Waals surface area contributed by atoms with Crippen LogP contribution in [0, 0.1) is 0 Å². The van der Waals surface area contributed by atoms with Crippen molar-refractivity contribution < 1.29 is 4.79 Å². The second kappa shape index (κ2) is 5.14. The molecular formula is C12H18N4O. The molecule has 2 unspecified atom stereocenters. The third-order valence-electron chi connectivity index (χ3n) is 3.16. The van der Waals surface area contributed by atoms with Crippen molar-refractivity contribution in [3.05, 3.63) is 30.1 Å². The standard InChI is InChI=1S/C12H18N4O/c1-9(2-5-13)16-8-11(15-12(16)17)10-3-6-14-7-4-10/h3-4,6-7,9,11H,2,5,8,13H2,1H3,(H,15,17). The van der Waals surface area contributed by atoms with Gasteiger partial charge in [0.2, 0.25) is 0 Å². The summed E-state index contributed by atoms with van der Waals surface area (Å²) in [5.74, 6) is 0. The zero-order chi connectivity index (χ0) is 12.3. The molecule has 2 atom stereocenters. The molecule has 1 aromatic heterocycles. The lowest BCUT2D eigenvalue weighted by Gasteiger charge is -2.22. The highest BCUT2D eigenvalue weighted by atomic mass is 16.2. The van der Waals surface area contributed by atoms with Crippen LogP contribution >= 0.6 is 0 Å². The molecule has 0 radical (unpaired) electrons. The smallest absolute Gasteiger partial charge is 0.318 e. The van der Waals surface area contributed by atoms with Gasteiger partial charge in [-0.1, -0.05) is 0 Å². The molecule has 0 saturated carbocycles. The number of carbonyl (C=O) groups is 1. The Balaban J connectivity index is 2.05. The molecule has 92 valence electrons. The summed E-state index contributed by atoms with van der Waals surface area (Å²) >= 11 is 0. The maximum atomic E-state index is 11.8. The Labute approximate surface area is 101 Å². The number of nitrogens with one attached hydrogen (secondary N) is 1. The molecule has 1 aromatic rings. The van der Waals surface area contributed by atoms with Gasteiger partial charge in [0.15, 0.2) is 0 Å². The minimum Gasteiger partial charge on any atom is -0.330 e. The molecule has 5 nitrogen and oxygen atoms in total. The van der Waals surface area contributed by atoms with Crippen molar-refractivity contribution in [3.63, 3.8) is 0 Å². The lowest BCUT2D eigenvalue weighted by molar-refractivity contribution is 0.199. The molecule has 0 spiro atoms. The van der Waals surface area contributed by atoms with Crippen LogP contribution in [0.4, 0.5) is 4.79 Å². The van der Waals surface area contributed by atoms with Crippen molar-refractivity contribution in [2.24, 2.45) is 5.73 Å². The van der Waals surface area contributed by atoms with E-state index in [4.69, 9.17) is 5.73 Å². The van der Waals surface area contributed by atoms with E-state index in [2.05, 4.69) is 10.3 Å². The van der Waals surface area contributed by atoms with Gasteiger partial charge in [-0.15, -0.1) is 0 Å². The first-order valence-corrected chi connectivity index (χ1v) is 5.89. The van der Waals surface area contributed by atoms with Crippen LogP contribution in [0.25, 0.3) is 0 Å². The zero-order valence-corrected chi connectivity index (χ0v) is 9.97. The number of nitrogens with zero attached hydrogens (tertiary/aromatic N) is 2. The maximum Gasteiger partial charge on any atom is 0.318 e. The first kappa shape index (κ1) is 11.9. The van der Waals surface area contributed by atoms with E-state index in [-0.39, 0.29) is 18.1 Å². The minimum absolute atomic E-state index is 0.00670. The Morgan fingerprint density at radius 1 is 1.59 bits per heavy atom. The van der Waals surface area contributed by atoms with E-state index in [9.17, 15) is 4.79 Å². The Bertz CT molecular complexity index is 381. The SMILES string of the molecule is CC(CCN)N1CC(c2ccncc2)NC1=O. The summed E-state index contributed by atoms with van der Waals surface area (Å²) in [5.41, 5.74) is 6.61. The van der Waals surface area contributed by atoms with Crippen molar-refractivity contribution >= 4 is 6.03 Å². The van der Waals surface area contributed by atoms with Crippen LogP contribution in [0.15, 0.2) is 24.5 Å². The summed E-state index contributed by atoms with van der Waals surface area (Å²) in [6.07, 6.45) is 4.32. The number of hydrogen-bond acceptors (Lipinski definition) is 3. The molecule has 5 heteroatoms. The average molecular weight is 234 g/mol. The first-order valence-electron chi connectivity index (χ1n) is 5.89. The molecule has 1 aliphatic rings. The highest BCUT2D eigenvalue weighted by Crippen LogP contribution is 2.21. The number of amides is 2. The molecule has 0 bridgehead atoms. The largest absolute Gasteiger partial charge is 0.330 e. The van der Waals surface area contributed by atoms with Gasteiger partial charge in [-0.05, 0) is 37.6 Å². The summed E-state index contributed by atoms with van der Waals surface area (Å²) in [7, 11) is 0. The molecule has 2 amide bonds. The highest BCUT2D eigenvalue weighted by molar-refractivity contribution is 5.77. The van der Waals surface area contributed by atoms with Crippen LogP contribution in [-0.4, -0.2) is 35.0 Å². The fourth-order valence-electron chi connectivity index (χ4n) is 2.12. The molecule has 0 aliphatic carbocycles. The maximum absolute atomic E-state index is 11.8. The number of aromatic nitrogens is 1. The van der Waals surface area contributed by atoms with E-state index >= 15 is 0 Å². The Morgan fingerprint density at radius 2 is 2.29 bits per heavy atom. The van der Waals surface area contributed by atoms with E-state index in [0.717, 1.165) is 12.0 Å². The summed E-state index contributed by atoms with van der Waals surface area (Å²) in [5, 5.41) is 2.98. The van der Waals surface area contributed by atoms with Crippen molar-refractivity contribution in [2.75, 3.05) is 13.1 Å². The van der Waals surface area contributed by atoms with Gasteiger partial charge in [-0.25, -0.2) is 4.79 Å². The van der Waals surface area contributed by atoms with Crippen molar-refractivity contribution in [1.29, 1.82) is 0 Å². The fraction of sp³-hybridized carbons (Fsp3) is 0.500. The van der Waals surface area contributed by atoms with Gasteiger partial charge in [0.1, 0.15) is 0 Å². The number of carbonyl (C=O) groups excluding carboxylic acids is 1. The third-order valence-corrected chi connectivity index (χ3v) is 3.16. The van der Waals surface area contributed by atoms with E-state index in [0.29, 0.717) is 13.1 Å². The zero-order valence-electron chi connectivity index (χ0n) is 9.97. The Hall–Kier alpha value is -1.62. The summed E-state index contributed by atoms with van der Waals surface area (Å²) in [4.78, 5) is 17.7. The first-order chi connectivity index (χ1) is 8.22. The predicted octanol–water partition coefficient (Wildman–Crippen LogP) is 0.885. The topological polar surface area (TPSA) is 71.2 Å². The van der Waals surface area contributed by atoms with Crippen LogP contribution in [-0.2, 0) is 0 Å². The molecule has 2 heterocycles. The fourth-order valence-corrected chi connectivity index (χ4v) is 2.12. The van der Waals surface area contributed by atoms with Gasteiger partial charge in [0, 0.05) is 25.0 Å². The average Bonchev–Trinajstić information content (AvgIpc) is 2.73. The Morgan fingerprint density at radius 3 is 2.94 bits per heavy atom. The molecular weight excluding hydrogens is 216 g/mol. The molecule has 1 aliphatic heterocycles. The monoisotopic (exact) mass is 234 g/mol.